The van der Waals surface area contributed by atoms with E-state index in [0.717, 1.165) is 6.07 Å². The molecule has 17 heavy (non-hydrogen) atoms. The number of halogens is 3. The summed E-state index contributed by atoms with van der Waals surface area (Å²) in [6.07, 6.45) is 0. The normalized spacial score (nSPS) is 12.3. The van der Waals surface area contributed by atoms with Crippen LogP contribution in [0.2, 0.25) is 5.02 Å². The zero-order valence-electron chi connectivity index (χ0n) is 8.97. The molecule has 0 saturated heterocycles. The predicted molar refractivity (Wildman–Crippen MR) is 67.6 cm³/mol. The molecule has 0 aliphatic heterocycles. The van der Waals surface area contributed by atoms with E-state index in [4.69, 9.17) is 22.1 Å². The molecule has 0 aliphatic carbocycles. The number of benzene rings is 1. The van der Waals surface area contributed by atoms with Crippen LogP contribution in [0.25, 0.3) is 0 Å². The van der Waals surface area contributed by atoms with Crippen molar-refractivity contribution in [2.75, 3.05) is 19.0 Å². The zero-order valence-corrected chi connectivity index (χ0v) is 11.3. The number of amides is 1. The van der Waals surface area contributed by atoms with E-state index in [1.807, 2.05) is 0 Å². The van der Waals surface area contributed by atoms with Crippen molar-refractivity contribution < 1.29 is 13.9 Å². The predicted octanol–water partition coefficient (Wildman–Crippen LogP) is 2.15. The first kappa shape index (κ1) is 14.4. The van der Waals surface area contributed by atoms with Crippen LogP contribution in [0.5, 0.6) is 0 Å². The number of carbonyl (C=O) groups is 1. The second-order valence-corrected chi connectivity index (χ2v) is 4.56. The van der Waals surface area contributed by atoms with E-state index < -0.39 is 17.8 Å². The molecule has 0 bridgehead atoms. The molecular weight excluding hydrogens is 314 g/mol. The highest BCUT2D eigenvalue weighted by molar-refractivity contribution is 9.10. The first-order valence-corrected chi connectivity index (χ1v) is 5.82. The van der Waals surface area contributed by atoms with Gasteiger partial charge in [0.25, 0.3) is 0 Å². The Kier molecular flexibility index (Phi) is 5.32. The van der Waals surface area contributed by atoms with Crippen molar-refractivity contribution in [3.63, 3.8) is 0 Å². The number of anilines is 1. The van der Waals surface area contributed by atoms with Crippen LogP contribution >= 0.6 is 27.5 Å². The first-order valence-electron chi connectivity index (χ1n) is 4.65. The molecular formula is C10H11BrClFN2O2. The van der Waals surface area contributed by atoms with Gasteiger partial charge in [0.05, 0.1) is 17.3 Å². The topological polar surface area (TPSA) is 64.3 Å². The standard InChI is InChI=1S/C10H11BrClFN2O2/c1-17-4-8(14)10(16)15-9-6(11)2-5(13)3-7(9)12/h2-3,8H,4,14H2,1H3,(H,15,16). The maximum atomic E-state index is 13.0. The largest absolute Gasteiger partial charge is 0.383 e. The molecule has 7 heteroatoms. The number of nitrogens with two attached hydrogens (primary N) is 1. The second kappa shape index (κ2) is 6.30. The van der Waals surface area contributed by atoms with Crippen molar-refractivity contribution in [3.05, 3.63) is 27.4 Å². The lowest BCUT2D eigenvalue weighted by Crippen LogP contribution is -2.39. The third-order valence-electron chi connectivity index (χ3n) is 1.94. The Morgan fingerprint density at radius 2 is 2.35 bits per heavy atom. The first-order chi connectivity index (χ1) is 7.95. The summed E-state index contributed by atoms with van der Waals surface area (Å²) in [5.74, 6) is -0.956. The average molecular weight is 326 g/mol. The Hall–Kier alpha value is -0.690. The van der Waals surface area contributed by atoms with Crippen molar-refractivity contribution in [2.45, 2.75) is 6.04 Å². The van der Waals surface area contributed by atoms with Gasteiger partial charge in [-0.05, 0) is 28.1 Å². The van der Waals surface area contributed by atoms with Gasteiger partial charge in [-0.3, -0.25) is 4.79 Å². The van der Waals surface area contributed by atoms with Crippen molar-refractivity contribution in [2.24, 2.45) is 5.73 Å². The van der Waals surface area contributed by atoms with E-state index in [2.05, 4.69) is 21.2 Å². The van der Waals surface area contributed by atoms with Gasteiger partial charge in [-0.2, -0.15) is 0 Å². The number of carbonyl (C=O) groups excluding carboxylic acids is 1. The van der Waals surface area contributed by atoms with E-state index in [-0.39, 0.29) is 17.3 Å². The van der Waals surface area contributed by atoms with Gasteiger partial charge in [0.2, 0.25) is 5.91 Å². The average Bonchev–Trinajstić information content (AvgIpc) is 2.23. The van der Waals surface area contributed by atoms with Crippen LogP contribution < -0.4 is 11.1 Å². The van der Waals surface area contributed by atoms with Gasteiger partial charge < -0.3 is 15.8 Å². The number of ether oxygens (including phenoxy) is 1. The molecule has 1 unspecified atom stereocenters. The molecule has 4 nitrogen and oxygen atoms in total. The van der Waals surface area contributed by atoms with Crippen molar-refractivity contribution >= 4 is 39.1 Å². The van der Waals surface area contributed by atoms with Crippen molar-refractivity contribution in [1.29, 1.82) is 0 Å². The SMILES string of the molecule is COCC(N)C(=O)Nc1c(Cl)cc(F)cc1Br. The van der Waals surface area contributed by atoms with Crippen LogP contribution in [0.1, 0.15) is 0 Å². The summed E-state index contributed by atoms with van der Waals surface area (Å²) in [4.78, 5) is 11.6. The molecule has 0 fully saturated rings. The van der Waals surface area contributed by atoms with E-state index in [1.54, 1.807) is 0 Å². The summed E-state index contributed by atoms with van der Waals surface area (Å²) >= 11 is 8.91. The lowest BCUT2D eigenvalue weighted by Gasteiger charge is -2.13. The Bertz CT molecular complexity index is 408. The summed E-state index contributed by atoms with van der Waals surface area (Å²) in [5, 5.41) is 2.59. The van der Waals surface area contributed by atoms with Crippen LogP contribution in [0.4, 0.5) is 10.1 Å². The molecule has 0 aliphatic rings. The molecule has 1 amide bonds. The zero-order chi connectivity index (χ0) is 13.0. The van der Waals surface area contributed by atoms with Gasteiger partial charge in [0.1, 0.15) is 11.9 Å². The lowest BCUT2D eigenvalue weighted by atomic mass is 10.2. The summed E-state index contributed by atoms with van der Waals surface area (Å²) in [7, 11) is 1.44. The Morgan fingerprint density at radius 3 is 2.88 bits per heavy atom. The molecule has 94 valence electrons. The highest BCUT2D eigenvalue weighted by atomic mass is 79.9. The molecule has 0 heterocycles. The van der Waals surface area contributed by atoms with E-state index >= 15 is 0 Å². The van der Waals surface area contributed by atoms with Gasteiger partial charge in [-0.25, -0.2) is 4.39 Å². The minimum absolute atomic E-state index is 0.0856. The number of nitrogens with one attached hydrogen (secondary N) is 1. The highest BCUT2D eigenvalue weighted by Gasteiger charge is 2.16. The van der Waals surface area contributed by atoms with Crippen LogP contribution in [0, 0.1) is 5.82 Å². The molecule has 0 aromatic heterocycles. The minimum atomic E-state index is -0.812. The summed E-state index contributed by atoms with van der Waals surface area (Å²) in [6.45, 7) is 0.0856. The summed E-state index contributed by atoms with van der Waals surface area (Å²) in [5.41, 5.74) is 5.82. The maximum absolute atomic E-state index is 13.0. The number of hydrogen-bond donors (Lipinski definition) is 2. The molecule has 0 spiro atoms. The van der Waals surface area contributed by atoms with E-state index in [0.29, 0.717) is 4.47 Å². The van der Waals surface area contributed by atoms with E-state index in [1.165, 1.54) is 13.2 Å². The Balaban J connectivity index is 2.85. The van der Waals surface area contributed by atoms with Crippen LogP contribution in [-0.2, 0) is 9.53 Å². The molecule has 1 aromatic rings. The van der Waals surface area contributed by atoms with Crippen molar-refractivity contribution in [1.82, 2.24) is 0 Å². The Morgan fingerprint density at radius 1 is 1.71 bits per heavy atom. The van der Waals surface area contributed by atoms with Gasteiger partial charge >= 0.3 is 0 Å². The number of methoxy groups -OCH3 is 1. The molecule has 1 atom stereocenters. The van der Waals surface area contributed by atoms with Crippen molar-refractivity contribution in [3.8, 4) is 0 Å². The summed E-state index contributed by atoms with van der Waals surface area (Å²) in [6, 6.07) is 1.49. The third-order valence-corrected chi connectivity index (χ3v) is 2.86. The summed E-state index contributed by atoms with van der Waals surface area (Å²) < 4.78 is 18.1. The quantitative estimate of drug-likeness (QED) is 0.891. The van der Waals surface area contributed by atoms with Crippen LogP contribution in [0.15, 0.2) is 16.6 Å². The fourth-order valence-corrected chi connectivity index (χ4v) is 2.03. The highest BCUT2D eigenvalue weighted by Crippen LogP contribution is 2.31. The third kappa shape index (κ3) is 3.92. The molecule has 0 saturated carbocycles. The van der Waals surface area contributed by atoms with Crippen LogP contribution in [-0.4, -0.2) is 25.7 Å². The minimum Gasteiger partial charge on any atom is -0.383 e. The number of hydrogen-bond acceptors (Lipinski definition) is 3. The molecule has 1 aromatic carbocycles. The molecule has 0 radical (unpaired) electrons. The Labute approximate surface area is 111 Å². The fraction of sp³-hybridized carbons (Fsp3) is 0.300. The molecule has 1 rings (SSSR count). The van der Waals surface area contributed by atoms with E-state index in [9.17, 15) is 9.18 Å². The van der Waals surface area contributed by atoms with Crippen LogP contribution in [0.3, 0.4) is 0 Å². The smallest absolute Gasteiger partial charge is 0.243 e. The molecule has 3 N–H and O–H groups in total. The number of rotatable bonds is 4. The fourth-order valence-electron chi connectivity index (χ4n) is 1.13. The maximum Gasteiger partial charge on any atom is 0.243 e. The lowest BCUT2D eigenvalue weighted by molar-refractivity contribution is -0.118. The van der Waals surface area contributed by atoms with Gasteiger partial charge in [0.15, 0.2) is 0 Å². The monoisotopic (exact) mass is 324 g/mol. The van der Waals surface area contributed by atoms with Gasteiger partial charge in [-0.15, -0.1) is 0 Å². The second-order valence-electron chi connectivity index (χ2n) is 3.30. The van der Waals surface area contributed by atoms with Gasteiger partial charge in [0, 0.05) is 11.6 Å². The van der Waals surface area contributed by atoms with Gasteiger partial charge in [-0.1, -0.05) is 11.6 Å².